The Morgan fingerprint density at radius 2 is 0.586 bits per heavy atom. The Labute approximate surface area is 340 Å². The maximum atomic E-state index is 5.69. The van der Waals surface area contributed by atoms with Gasteiger partial charge in [-0.3, -0.25) is 0 Å². The van der Waals surface area contributed by atoms with E-state index in [0.717, 1.165) is 67.1 Å². The molecular weight excluding hydrogens is 721 g/mol. The molecular formula is C52H38O6. The molecule has 282 valence electrons. The highest BCUT2D eigenvalue weighted by Gasteiger charge is 2.07. The van der Waals surface area contributed by atoms with Crippen molar-refractivity contribution < 1.29 is 28.4 Å². The van der Waals surface area contributed by atoms with Gasteiger partial charge in [0.1, 0.15) is 34.5 Å². The van der Waals surface area contributed by atoms with Gasteiger partial charge < -0.3 is 28.4 Å². The summed E-state index contributed by atoms with van der Waals surface area (Å²) in [6.45, 7) is 0. The molecule has 0 aliphatic heterocycles. The van der Waals surface area contributed by atoms with Crippen molar-refractivity contribution in [1.29, 1.82) is 0 Å². The maximum absolute atomic E-state index is 5.69. The molecule has 6 aromatic rings. The number of para-hydroxylation sites is 1. The average molecular weight is 759 g/mol. The van der Waals surface area contributed by atoms with Crippen LogP contribution < -0.4 is 28.4 Å². The van der Waals surface area contributed by atoms with Crippen LogP contribution in [-0.2, 0) is 0 Å². The van der Waals surface area contributed by atoms with E-state index in [2.05, 4.69) is 59.2 Å². The van der Waals surface area contributed by atoms with E-state index >= 15 is 0 Å². The van der Waals surface area contributed by atoms with E-state index in [1.54, 1.807) is 42.7 Å². The summed E-state index contributed by atoms with van der Waals surface area (Å²) in [6.07, 6.45) is 0. The zero-order valence-corrected chi connectivity index (χ0v) is 33.0. The van der Waals surface area contributed by atoms with E-state index in [1.807, 2.05) is 121 Å². The Kier molecular flexibility index (Phi) is 13.3. The topological polar surface area (TPSA) is 55.4 Å². The van der Waals surface area contributed by atoms with Crippen molar-refractivity contribution in [2.75, 3.05) is 42.7 Å². The molecule has 0 saturated heterocycles. The molecule has 6 heteroatoms. The second kappa shape index (κ2) is 19.5. The summed E-state index contributed by atoms with van der Waals surface area (Å²) in [4.78, 5) is 0. The Balaban J connectivity index is 1.16. The fourth-order valence-corrected chi connectivity index (χ4v) is 5.64. The molecule has 58 heavy (non-hydrogen) atoms. The highest BCUT2D eigenvalue weighted by Crippen LogP contribution is 2.24. The quantitative estimate of drug-likeness (QED) is 0.159. The van der Waals surface area contributed by atoms with Crippen LogP contribution in [0, 0.1) is 59.2 Å². The van der Waals surface area contributed by atoms with Crippen LogP contribution >= 0.6 is 0 Å². The van der Waals surface area contributed by atoms with Crippen molar-refractivity contribution >= 4 is 0 Å². The minimum Gasteiger partial charge on any atom is -0.497 e. The molecule has 6 nitrogen and oxygen atoms in total. The smallest absolute Gasteiger partial charge is 0.135 e. The van der Waals surface area contributed by atoms with E-state index < -0.39 is 0 Å². The van der Waals surface area contributed by atoms with Crippen molar-refractivity contribution in [1.82, 2.24) is 0 Å². The van der Waals surface area contributed by atoms with Gasteiger partial charge in [-0.25, -0.2) is 0 Å². The van der Waals surface area contributed by atoms with Crippen LogP contribution in [0.15, 0.2) is 121 Å². The minimum atomic E-state index is 0.607. The van der Waals surface area contributed by atoms with Crippen LogP contribution in [0.3, 0.4) is 0 Å². The Hall–Kier alpha value is -8.08. The lowest BCUT2D eigenvalue weighted by Crippen LogP contribution is -1.91. The van der Waals surface area contributed by atoms with Crippen LogP contribution in [0.1, 0.15) is 55.6 Å². The molecule has 0 heterocycles. The first kappa shape index (κ1) is 39.6. The molecule has 0 fully saturated rings. The molecule has 0 saturated carbocycles. The largest absolute Gasteiger partial charge is 0.497 e. The normalized spacial score (nSPS) is 9.55. The highest BCUT2D eigenvalue weighted by atomic mass is 16.5. The van der Waals surface area contributed by atoms with E-state index in [0.29, 0.717) is 23.0 Å². The van der Waals surface area contributed by atoms with Gasteiger partial charge in [0.25, 0.3) is 0 Å². The van der Waals surface area contributed by atoms with Gasteiger partial charge in [0.05, 0.1) is 70.5 Å². The molecule has 6 aromatic carbocycles. The minimum absolute atomic E-state index is 0.607. The molecule has 0 aliphatic rings. The fourth-order valence-electron chi connectivity index (χ4n) is 5.64. The number of ether oxygens (including phenoxy) is 6. The fraction of sp³-hybridized carbons (Fsp3) is 0.115. The molecule has 0 aromatic heterocycles. The van der Waals surface area contributed by atoms with Gasteiger partial charge in [-0.2, -0.15) is 0 Å². The SMILES string of the molecule is COc1cccc(C#Cc2ccc(C#Cc3ccc(C#Cc4ccc(C#Cc5ccc(C#Cc6ccccc6OC)cc5OC)cc4OC)cc3OC)cc2OC)c1. The summed E-state index contributed by atoms with van der Waals surface area (Å²) in [5, 5.41) is 0. The third-order valence-corrected chi connectivity index (χ3v) is 8.69. The Morgan fingerprint density at radius 1 is 0.259 bits per heavy atom. The molecule has 6 rings (SSSR count). The highest BCUT2D eigenvalue weighted by molar-refractivity contribution is 5.60. The van der Waals surface area contributed by atoms with E-state index in [9.17, 15) is 0 Å². The van der Waals surface area contributed by atoms with Gasteiger partial charge in [0.2, 0.25) is 0 Å². The monoisotopic (exact) mass is 758 g/mol. The lowest BCUT2D eigenvalue weighted by molar-refractivity contribution is 0.413. The first-order valence-corrected chi connectivity index (χ1v) is 18.0. The third-order valence-electron chi connectivity index (χ3n) is 8.69. The van der Waals surface area contributed by atoms with E-state index in [-0.39, 0.29) is 0 Å². The zero-order valence-electron chi connectivity index (χ0n) is 33.0. The van der Waals surface area contributed by atoms with Crippen LogP contribution in [-0.4, -0.2) is 42.7 Å². The lowest BCUT2D eigenvalue weighted by Gasteiger charge is -2.05. The van der Waals surface area contributed by atoms with Crippen molar-refractivity contribution in [2.24, 2.45) is 0 Å². The second-order valence-corrected chi connectivity index (χ2v) is 12.3. The van der Waals surface area contributed by atoms with Gasteiger partial charge in [0.15, 0.2) is 0 Å². The number of methoxy groups -OCH3 is 6. The number of hydrogen-bond donors (Lipinski definition) is 0. The Morgan fingerprint density at radius 3 is 0.931 bits per heavy atom. The number of benzene rings is 6. The Bertz CT molecular complexity index is 2790. The first-order valence-electron chi connectivity index (χ1n) is 18.0. The molecule has 0 spiro atoms. The summed E-state index contributed by atoms with van der Waals surface area (Å²) in [7, 11) is 9.72. The van der Waals surface area contributed by atoms with Gasteiger partial charge in [0, 0.05) is 27.8 Å². The standard InChI is InChI=1S/C52H38O6/c1-53-47-12-9-10-37(32-47)14-24-43-25-17-39(34-49(43)55-3)18-28-45-29-21-41(36-51(45)57-5)22-31-46-30-20-40(35-52(46)58-6)19-27-44-26-16-38(33-50(44)56-4)15-23-42-11-7-8-13-48(42)54-2/h7-13,16-17,20-21,25-26,29-30,32-36H,1-6H3. The van der Waals surface area contributed by atoms with E-state index in [4.69, 9.17) is 28.4 Å². The van der Waals surface area contributed by atoms with Crippen molar-refractivity contribution in [3.05, 3.63) is 177 Å². The summed E-state index contributed by atoms with van der Waals surface area (Å²) in [6, 6.07) is 38.0. The maximum Gasteiger partial charge on any atom is 0.135 e. The zero-order chi connectivity index (χ0) is 40.7. The van der Waals surface area contributed by atoms with Gasteiger partial charge in [-0.05, 0) is 103 Å². The van der Waals surface area contributed by atoms with Gasteiger partial charge >= 0.3 is 0 Å². The van der Waals surface area contributed by atoms with Crippen LogP contribution in [0.4, 0.5) is 0 Å². The molecule has 0 aliphatic carbocycles. The first-order chi connectivity index (χ1) is 28.4. The van der Waals surface area contributed by atoms with Crippen LogP contribution in [0.5, 0.6) is 34.5 Å². The predicted octanol–water partition coefficient (Wildman–Crippen LogP) is 8.74. The molecule has 0 N–H and O–H groups in total. The van der Waals surface area contributed by atoms with Crippen LogP contribution in [0.25, 0.3) is 0 Å². The van der Waals surface area contributed by atoms with Gasteiger partial charge in [-0.1, -0.05) is 77.4 Å². The predicted molar refractivity (Wildman–Crippen MR) is 228 cm³/mol. The summed E-state index contributed by atoms with van der Waals surface area (Å²) in [5.74, 6) is 36.0. The lowest BCUT2D eigenvalue weighted by atomic mass is 10.1. The number of hydrogen-bond acceptors (Lipinski definition) is 6. The molecule has 0 bridgehead atoms. The van der Waals surface area contributed by atoms with Crippen molar-refractivity contribution in [3.8, 4) is 93.7 Å². The summed E-state index contributed by atoms with van der Waals surface area (Å²) < 4.78 is 33.3. The molecule has 0 unspecified atom stereocenters. The van der Waals surface area contributed by atoms with E-state index in [1.165, 1.54) is 0 Å². The molecule has 0 radical (unpaired) electrons. The average Bonchev–Trinajstić information content (AvgIpc) is 3.28. The number of rotatable bonds is 6. The molecule has 0 amide bonds. The molecule has 0 atom stereocenters. The second-order valence-electron chi connectivity index (χ2n) is 12.3. The van der Waals surface area contributed by atoms with Crippen LogP contribution in [0.2, 0.25) is 0 Å². The third kappa shape index (κ3) is 10.2. The van der Waals surface area contributed by atoms with Crippen molar-refractivity contribution in [3.63, 3.8) is 0 Å². The van der Waals surface area contributed by atoms with Gasteiger partial charge in [-0.15, -0.1) is 0 Å². The summed E-state index contributed by atoms with van der Waals surface area (Å²) >= 11 is 0. The van der Waals surface area contributed by atoms with Crippen molar-refractivity contribution in [2.45, 2.75) is 0 Å². The summed E-state index contributed by atoms with van der Waals surface area (Å²) in [5.41, 5.74) is 7.69.